The fourth-order valence-corrected chi connectivity index (χ4v) is 2.15. The van der Waals surface area contributed by atoms with Crippen LogP contribution in [0.3, 0.4) is 0 Å². The van der Waals surface area contributed by atoms with Crippen molar-refractivity contribution in [2.24, 2.45) is 0 Å². The number of nitrogens with one attached hydrogen (secondary N) is 2. The minimum absolute atomic E-state index is 0.195. The topological polar surface area (TPSA) is 79.9 Å². The molecule has 2 aromatic rings. The zero-order valence-corrected chi connectivity index (χ0v) is 10.4. The molecule has 2 heterocycles. The Balaban J connectivity index is 2.05. The molecule has 0 unspecified atom stereocenters. The summed E-state index contributed by atoms with van der Waals surface area (Å²) in [5, 5.41) is 11.0. The van der Waals surface area contributed by atoms with Crippen molar-refractivity contribution in [3.8, 4) is 6.01 Å². The zero-order chi connectivity index (χ0) is 12.3. The molecule has 0 bridgehead atoms. The van der Waals surface area contributed by atoms with Crippen LogP contribution in [0, 0.1) is 0 Å². The second-order valence-corrected chi connectivity index (χ2v) is 4.27. The summed E-state index contributed by atoms with van der Waals surface area (Å²) >= 11 is 7.09. The Hall–Kier alpha value is -1.60. The van der Waals surface area contributed by atoms with Crippen LogP contribution in [0.1, 0.15) is 16.6 Å². The number of nitrogens with zero attached hydrogens (tertiary/aromatic N) is 2. The van der Waals surface area contributed by atoms with Crippen molar-refractivity contribution in [1.82, 2.24) is 15.2 Å². The Morgan fingerprint density at radius 1 is 1.71 bits per heavy atom. The Morgan fingerprint density at radius 2 is 2.53 bits per heavy atom. The number of hydrogen-bond acceptors (Lipinski definition) is 5. The Labute approximate surface area is 106 Å². The van der Waals surface area contributed by atoms with Crippen molar-refractivity contribution in [2.45, 2.75) is 6.92 Å². The molecular weight excluding hydrogens is 264 g/mol. The Bertz CT molecular complexity index is 525. The first-order chi connectivity index (χ1) is 8.20. The highest BCUT2D eigenvalue weighted by molar-refractivity contribution is 7.12. The first-order valence-electron chi connectivity index (χ1n) is 4.80. The number of amides is 1. The van der Waals surface area contributed by atoms with Crippen LogP contribution in [0.2, 0.25) is 5.02 Å². The van der Waals surface area contributed by atoms with Crippen molar-refractivity contribution in [2.75, 3.05) is 11.9 Å². The van der Waals surface area contributed by atoms with Crippen molar-refractivity contribution in [1.29, 1.82) is 0 Å². The molecule has 0 fully saturated rings. The van der Waals surface area contributed by atoms with E-state index in [-0.39, 0.29) is 17.9 Å². The second kappa shape index (κ2) is 5.15. The summed E-state index contributed by atoms with van der Waals surface area (Å²) in [7, 11) is 0. The van der Waals surface area contributed by atoms with E-state index in [1.807, 2.05) is 6.92 Å². The first kappa shape index (κ1) is 11.9. The van der Waals surface area contributed by atoms with Gasteiger partial charge in [-0.3, -0.25) is 10.1 Å². The number of aromatic nitrogens is 3. The Morgan fingerprint density at radius 3 is 3.18 bits per heavy atom. The van der Waals surface area contributed by atoms with Crippen LogP contribution >= 0.6 is 22.9 Å². The zero-order valence-electron chi connectivity index (χ0n) is 8.86. The summed E-state index contributed by atoms with van der Waals surface area (Å²) in [6.07, 6.45) is 0. The number of H-pyrrole nitrogens is 1. The van der Waals surface area contributed by atoms with Gasteiger partial charge in [0.1, 0.15) is 4.88 Å². The van der Waals surface area contributed by atoms with Crippen LogP contribution in [0.15, 0.2) is 11.4 Å². The molecule has 0 aromatic carbocycles. The van der Waals surface area contributed by atoms with E-state index in [1.54, 1.807) is 11.4 Å². The Kier molecular flexibility index (Phi) is 3.60. The highest BCUT2D eigenvalue weighted by atomic mass is 35.5. The van der Waals surface area contributed by atoms with Gasteiger partial charge in [-0.2, -0.15) is 4.98 Å². The normalized spacial score (nSPS) is 10.2. The van der Waals surface area contributed by atoms with Gasteiger partial charge in [0.25, 0.3) is 5.91 Å². The fraction of sp³-hybridized carbons (Fsp3) is 0.222. The molecule has 90 valence electrons. The van der Waals surface area contributed by atoms with E-state index < -0.39 is 0 Å². The average molecular weight is 273 g/mol. The van der Waals surface area contributed by atoms with Crippen LogP contribution in [0.5, 0.6) is 6.01 Å². The molecule has 2 N–H and O–H groups in total. The van der Waals surface area contributed by atoms with Crippen molar-refractivity contribution in [3.63, 3.8) is 0 Å². The van der Waals surface area contributed by atoms with Gasteiger partial charge in [-0.1, -0.05) is 11.6 Å². The average Bonchev–Trinajstić information content (AvgIpc) is 2.88. The van der Waals surface area contributed by atoms with E-state index >= 15 is 0 Å². The number of carbonyl (C=O) groups excluding carboxylic acids is 1. The largest absolute Gasteiger partial charge is 0.463 e. The van der Waals surface area contributed by atoms with Gasteiger partial charge in [-0.15, -0.1) is 16.4 Å². The van der Waals surface area contributed by atoms with Crippen molar-refractivity contribution < 1.29 is 9.53 Å². The van der Waals surface area contributed by atoms with E-state index in [0.29, 0.717) is 16.5 Å². The summed E-state index contributed by atoms with van der Waals surface area (Å²) in [6.45, 7) is 2.28. The van der Waals surface area contributed by atoms with Crippen LogP contribution in [0.4, 0.5) is 5.95 Å². The molecule has 6 nitrogen and oxygen atoms in total. The molecular formula is C9H9ClN4O2S. The van der Waals surface area contributed by atoms with Gasteiger partial charge in [-0.25, -0.2) is 5.10 Å². The quantitative estimate of drug-likeness (QED) is 0.894. The van der Waals surface area contributed by atoms with Gasteiger partial charge in [0.05, 0.1) is 11.6 Å². The highest BCUT2D eigenvalue weighted by Crippen LogP contribution is 2.22. The van der Waals surface area contributed by atoms with Crippen molar-refractivity contribution in [3.05, 3.63) is 21.3 Å². The maximum Gasteiger partial charge on any atom is 0.337 e. The third-order valence-corrected chi connectivity index (χ3v) is 3.13. The molecule has 0 spiro atoms. The van der Waals surface area contributed by atoms with Crippen LogP contribution in [0.25, 0.3) is 0 Å². The summed E-state index contributed by atoms with van der Waals surface area (Å²) in [6, 6.07) is 1.85. The maximum atomic E-state index is 11.7. The van der Waals surface area contributed by atoms with Gasteiger partial charge in [0.2, 0.25) is 5.95 Å². The minimum atomic E-state index is -0.329. The SMILES string of the molecule is CCOc1n[nH]c(NC(=O)c2sccc2Cl)n1. The van der Waals surface area contributed by atoms with E-state index in [1.165, 1.54) is 11.3 Å². The fourth-order valence-electron chi connectivity index (χ4n) is 1.12. The maximum absolute atomic E-state index is 11.7. The number of carbonyl (C=O) groups is 1. The third kappa shape index (κ3) is 2.75. The molecule has 0 aliphatic heterocycles. The monoisotopic (exact) mass is 272 g/mol. The van der Waals surface area contributed by atoms with E-state index in [2.05, 4.69) is 20.5 Å². The minimum Gasteiger partial charge on any atom is -0.463 e. The number of rotatable bonds is 4. The molecule has 0 radical (unpaired) electrons. The predicted octanol–water partition coefficient (Wildman–Crippen LogP) is 2.17. The first-order valence-corrected chi connectivity index (χ1v) is 6.06. The second-order valence-electron chi connectivity index (χ2n) is 2.95. The lowest BCUT2D eigenvalue weighted by Crippen LogP contribution is -2.11. The summed E-state index contributed by atoms with van der Waals surface area (Å²) in [4.78, 5) is 16.1. The lowest BCUT2D eigenvalue weighted by atomic mass is 10.4. The number of anilines is 1. The van der Waals surface area contributed by atoms with Crippen LogP contribution < -0.4 is 10.1 Å². The summed E-state index contributed by atoms with van der Waals surface area (Å²) in [5.74, 6) is -0.105. The number of halogens is 1. The third-order valence-electron chi connectivity index (χ3n) is 1.79. The number of hydrogen-bond donors (Lipinski definition) is 2. The number of aromatic amines is 1. The van der Waals surface area contributed by atoms with Gasteiger partial charge in [-0.05, 0) is 18.4 Å². The van der Waals surface area contributed by atoms with E-state index in [9.17, 15) is 4.79 Å². The molecule has 2 rings (SSSR count). The van der Waals surface area contributed by atoms with Gasteiger partial charge in [0, 0.05) is 0 Å². The molecule has 17 heavy (non-hydrogen) atoms. The van der Waals surface area contributed by atoms with E-state index in [4.69, 9.17) is 16.3 Å². The summed E-state index contributed by atoms with van der Waals surface area (Å²) < 4.78 is 5.05. The molecule has 2 aromatic heterocycles. The molecule has 0 saturated carbocycles. The standard InChI is InChI=1S/C9H9ClN4O2S/c1-2-16-9-12-8(13-14-9)11-7(15)6-5(10)3-4-17-6/h3-4H,2H2,1H3,(H2,11,12,13,14,15). The highest BCUT2D eigenvalue weighted by Gasteiger charge is 2.14. The van der Waals surface area contributed by atoms with Gasteiger partial charge in [0.15, 0.2) is 0 Å². The summed E-state index contributed by atoms with van der Waals surface area (Å²) in [5.41, 5.74) is 0. The van der Waals surface area contributed by atoms with Crippen LogP contribution in [-0.4, -0.2) is 27.7 Å². The molecule has 0 aliphatic rings. The molecule has 8 heteroatoms. The lowest BCUT2D eigenvalue weighted by Gasteiger charge is -1.98. The smallest absolute Gasteiger partial charge is 0.337 e. The van der Waals surface area contributed by atoms with Crippen LogP contribution in [-0.2, 0) is 0 Å². The molecule has 0 saturated heterocycles. The molecule has 0 aliphatic carbocycles. The van der Waals surface area contributed by atoms with E-state index in [0.717, 1.165) is 0 Å². The predicted molar refractivity (Wildman–Crippen MR) is 64.8 cm³/mol. The van der Waals surface area contributed by atoms with Gasteiger partial charge >= 0.3 is 6.01 Å². The molecule has 1 amide bonds. The number of ether oxygens (including phenoxy) is 1. The van der Waals surface area contributed by atoms with Gasteiger partial charge < -0.3 is 4.74 Å². The molecule has 0 atom stereocenters. The lowest BCUT2D eigenvalue weighted by molar-refractivity contribution is 0.103. The number of thiophene rings is 1. The van der Waals surface area contributed by atoms with Crippen molar-refractivity contribution >= 4 is 34.8 Å².